The molecule has 1 atom stereocenters. The Bertz CT molecular complexity index is 476. The zero-order valence-corrected chi connectivity index (χ0v) is 14.4. The summed E-state index contributed by atoms with van der Waals surface area (Å²) >= 11 is 1.64. The molecule has 2 amide bonds. The number of nitrogens with one attached hydrogen (secondary N) is 1. The van der Waals surface area contributed by atoms with Gasteiger partial charge in [-0.2, -0.15) is 0 Å². The minimum Gasteiger partial charge on any atom is -0.379 e. The third-order valence-electron chi connectivity index (χ3n) is 4.56. The molecule has 2 fully saturated rings. The van der Waals surface area contributed by atoms with Crippen LogP contribution in [0.1, 0.15) is 24.3 Å². The van der Waals surface area contributed by atoms with Gasteiger partial charge < -0.3 is 15.0 Å². The molecule has 0 saturated carbocycles. The van der Waals surface area contributed by atoms with Crippen molar-refractivity contribution in [2.24, 2.45) is 0 Å². The van der Waals surface area contributed by atoms with Crippen LogP contribution >= 0.6 is 11.3 Å². The number of hydrogen-bond acceptors (Lipinski definition) is 5. The number of rotatable bonds is 5. The second-order valence-corrected chi connectivity index (χ2v) is 7.14. The fraction of sp³-hybridized carbons (Fsp3) is 0.750. The quantitative estimate of drug-likeness (QED) is 0.886. The van der Waals surface area contributed by atoms with Gasteiger partial charge in [0.1, 0.15) is 0 Å². The minimum atomic E-state index is 0.0829. The Hall–Kier alpha value is -1.18. The summed E-state index contributed by atoms with van der Waals surface area (Å²) in [6, 6.07) is 0.418. The predicted octanol–water partition coefficient (Wildman–Crippen LogP) is 1.58. The molecule has 2 aliphatic heterocycles. The number of carbonyl (C=O) groups excluding carboxylic acids is 1. The maximum absolute atomic E-state index is 12.5. The molecule has 2 saturated heterocycles. The highest BCUT2D eigenvalue weighted by molar-refractivity contribution is 7.09. The molecule has 6 nitrogen and oxygen atoms in total. The number of ether oxygens (including phenoxy) is 1. The van der Waals surface area contributed by atoms with Crippen LogP contribution in [0.15, 0.2) is 11.6 Å². The minimum absolute atomic E-state index is 0.0829. The van der Waals surface area contributed by atoms with Gasteiger partial charge in [-0.1, -0.05) is 0 Å². The first-order valence-corrected chi connectivity index (χ1v) is 9.44. The van der Waals surface area contributed by atoms with E-state index in [2.05, 4.69) is 15.2 Å². The van der Waals surface area contributed by atoms with Gasteiger partial charge in [-0.25, -0.2) is 9.78 Å². The molecule has 128 valence electrons. The Morgan fingerprint density at radius 3 is 3.00 bits per heavy atom. The number of thiazole rings is 1. The average molecular weight is 338 g/mol. The monoisotopic (exact) mass is 338 g/mol. The fourth-order valence-corrected chi connectivity index (χ4v) is 3.91. The standard InChI is InChI=1S/C16H26N4O2S/c21-16(18-5-4-15-17-6-12-23-15)20-7-2-1-3-14(20)13-19-8-10-22-11-9-19/h6,12,14H,1-5,7-11,13H2,(H,18,21). The van der Waals surface area contributed by atoms with E-state index in [1.807, 2.05) is 16.5 Å². The number of morpholine rings is 1. The highest BCUT2D eigenvalue weighted by Crippen LogP contribution is 2.18. The molecule has 7 heteroatoms. The summed E-state index contributed by atoms with van der Waals surface area (Å²) in [4.78, 5) is 21.3. The van der Waals surface area contributed by atoms with E-state index in [1.165, 1.54) is 6.42 Å². The van der Waals surface area contributed by atoms with Gasteiger partial charge in [0.15, 0.2) is 0 Å². The molecule has 0 spiro atoms. The van der Waals surface area contributed by atoms with Crippen LogP contribution in [0.5, 0.6) is 0 Å². The van der Waals surface area contributed by atoms with Crippen LogP contribution in [0, 0.1) is 0 Å². The second-order valence-electron chi connectivity index (χ2n) is 6.16. The molecular weight excluding hydrogens is 312 g/mol. The molecule has 0 aliphatic carbocycles. The molecule has 23 heavy (non-hydrogen) atoms. The van der Waals surface area contributed by atoms with Gasteiger partial charge in [0.2, 0.25) is 0 Å². The van der Waals surface area contributed by atoms with Gasteiger partial charge in [0, 0.05) is 56.8 Å². The lowest BCUT2D eigenvalue weighted by atomic mass is 10.0. The number of hydrogen-bond donors (Lipinski definition) is 1. The topological polar surface area (TPSA) is 57.7 Å². The summed E-state index contributed by atoms with van der Waals surface area (Å²) in [5, 5.41) is 6.12. The average Bonchev–Trinajstić information content (AvgIpc) is 3.09. The molecule has 2 aliphatic rings. The maximum atomic E-state index is 12.5. The Morgan fingerprint density at radius 1 is 1.35 bits per heavy atom. The lowest BCUT2D eigenvalue weighted by molar-refractivity contribution is 0.0221. The summed E-state index contributed by atoms with van der Waals surface area (Å²) in [5.41, 5.74) is 0. The number of urea groups is 1. The normalized spacial score (nSPS) is 23.0. The number of piperidine rings is 1. The van der Waals surface area contributed by atoms with Gasteiger partial charge in [-0.3, -0.25) is 4.90 Å². The summed E-state index contributed by atoms with van der Waals surface area (Å²) in [6.07, 6.45) is 6.06. The van der Waals surface area contributed by atoms with Crippen LogP contribution in [-0.2, 0) is 11.2 Å². The molecule has 1 aromatic heterocycles. The van der Waals surface area contributed by atoms with E-state index < -0.39 is 0 Å². The van der Waals surface area contributed by atoms with Crippen LogP contribution in [-0.4, -0.2) is 72.8 Å². The summed E-state index contributed by atoms with van der Waals surface area (Å²) in [7, 11) is 0. The Morgan fingerprint density at radius 2 is 2.22 bits per heavy atom. The van der Waals surface area contributed by atoms with Crippen LogP contribution in [0.2, 0.25) is 0 Å². The molecule has 1 aromatic rings. The predicted molar refractivity (Wildman–Crippen MR) is 90.8 cm³/mol. The van der Waals surface area contributed by atoms with Crippen LogP contribution < -0.4 is 5.32 Å². The van der Waals surface area contributed by atoms with Crippen molar-refractivity contribution in [2.75, 3.05) is 45.9 Å². The first kappa shape index (κ1) is 16.7. The zero-order chi connectivity index (χ0) is 15.9. The molecule has 1 unspecified atom stereocenters. The molecule has 3 heterocycles. The van der Waals surface area contributed by atoms with Crippen molar-refractivity contribution in [2.45, 2.75) is 31.7 Å². The smallest absolute Gasteiger partial charge is 0.317 e. The van der Waals surface area contributed by atoms with Crippen molar-refractivity contribution >= 4 is 17.4 Å². The molecule has 0 bridgehead atoms. The first-order valence-electron chi connectivity index (χ1n) is 8.56. The van der Waals surface area contributed by atoms with Gasteiger partial charge in [-0.15, -0.1) is 11.3 Å². The molecule has 0 aromatic carbocycles. The number of nitrogens with zero attached hydrogens (tertiary/aromatic N) is 3. The van der Waals surface area contributed by atoms with E-state index in [1.54, 1.807) is 11.3 Å². The van der Waals surface area contributed by atoms with E-state index in [0.717, 1.165) is 63.7 Å². The fourth-order valence-electron chi connectivity index (χ4n) is 3.29. The first-order chi connectivity index (χ1) is 11.3. The van der Waals surface area contributed by atoms with E-state index >= 15 is 0 Å². The van der Waals surface area contributed by atoms with E-state index in [4.69, 9.17) is 4.74 Å². The van der Waals surface area contributed by atoms with Crippen LogP contribution in [0.3, 0.4) is 0 Å². The number of aromatic nitrogens is 1. The Kier molecular flexibility index (Phi) is 6.24. The van der Waals surface area contributed by atoms with Crippen molar-refractivity contribution in [3.8, 4) is 0 Å². The lowest BCUT2D eigenvalue weighted by Gasteiger charge is -2.39. The third kappa shape index (κ3) is 4.89. The van der Waals surface area contributed by atoms with E-state index in [9.17, 15) is 4.79 Å². The largest absolute Gasteiger partial charge is 0.379 e. The molecule has 1 N–H and O–H groups in total. The van der Waals surface area contributed by atoms with Crippen molar-refractivity contribution in [3.05, 3.63) is 16.6 Å². The van der Waals surface area contributed by atoms with Gasteiger partial charge in [0.05, 0.1) is 18.2 Å². The SMILES string of the molecule is O=C(NCCc1nccs1)N1CCCCC1CN1CCOCC1. The van der Waals surface area contributed by atoms with Crippen molar-refractivity contribution in [3.63, 3.8) is 0 Å². The summed E-state index contributed by atoms with van der Waals surface area (Å²) < 4.78 is 5.41. The lowest BCUT2D eigenvalue weighted by Crippen LogP contribution is -2.54. The highest BCUT2D eigenvalue weighted by Gasteiger charge is 2.28. The van der Waals surface area contributed by atoms with Crippen molar-refractivity contribution < 1.29 is 9.53 Å². The van der Waals surface area contributed by atoms with E-state index in [-0.39, 0.29) is 6.03 Å². The van der Waals surface area contributed by atoms with Gasteiger partial charge in [0.25, 0.3) is 0 Å². The second kappa shape index (κ2) is 8.61. The van der Waals surface area contributed by atoms with Gasteiger partial charge >= 0.3 is 6.03 Å². The molecular formula is C16H26N4O2S. The molecule has 0 radical (unpaired) electrons. The number of carbonyl (C=O) groups is 1. The van der Waals surface area contributed by atoms with E-state index in [0.29, 0.717) is 12.6 Å². The van der Waals surface area contributed by atoms with Crippen molar-refractivity contribution in [1.29, 1.82) is 0 Å². The number of likely N-dealkylation sites (tertiary alicyclic amines) is 1. The molecule has 3 rings (SSSR count). The third-order valence-corrected chi connectivity index (χ3v) is 5.40. The summed E-state index contributed by atoms with van der Waals surface area (Å²) in [6.45, 7) is 6.10. The van der Waals surface area contributed by atoms with Crippen molar-refractivity contribution in [1.82, 2.24) is 20.1 Å². The zero-order valence-electron chi connectivity index (χ0n) is 13.6. The highest BCUT2D eigenvalue weighted by atomic mass is 32.1. The van der Waals surface area contributed by atoms with Crippen LogP contribution in [0.4, 0.5) is 4.79 Å². The maximum Gasteiger partial charge on any atom is 0.317 e. The van der Waals surface area contributed by atoms with Crippen LogP contribution in [0.25, 0.3) is 0 Å². The summed E-state index contributed by atoms with van der Waals surface area (Å²) in [5.74, 6) is 0. The Balaban J connectivity index is 1.47. The van der Waals surface area contributed by atoms with Gasteiger partial charge in [-0.05, 0) is 19.3 Å². The Labute approximate surface area is 141 Å². The number of amides is 2.